The van der Waals surface area contributed by atoms with Crippen LogP contribution < -0.4 is 0 Å². The third-order valence-corrected chi connectivity index (χ3v) is 6.83. The van der Waals surface area contributed by atoms with E-state index in [1.54, 1.807) is 6.20 Å². The molecule has 1 atom stereocenters. The Hall–Kier alpha value is -1.74. The zero-order valence-corrected chi connectivity index (χ0v) is 15.2. The number of nitrogens with zero attached hydrogens (tertiary/aromatic N) is 5. The topological polar surface area (TPSA) is 91.9 Å². The second-order valence-corrected chi connectivity index (χ2v) is 9.13. The van der Waals surface area contributed by atoms with E-state index >= 15 is 0 Å². The fourth-order valence-corrected chi connectivity index (χ4v) is 5.26. The standard InChI is InChI=1S/C16H23N5O3S/c1-12-2-6-17-20(12)10-15-18-16(13-3-7-24-8-4-13)19-21(15)14-5-9-25(22,23)11-14/h2,6,13-14H,3-5,7-11H2,1H3. The molecular weight excluding hydrogens is 342 g/mol. The first-order chi connectivity index (χ1) is 12.0. The van der Waals surface area contributed by atoms with Crippen molar-refractivity contribution < 1.29 is 13.2 Å². The highest BCUT2D eigenvalue weighted by atomic mass is 32.2. The van der Waals surface area contributed by atoms with Crippen LogP contribution >= 0.6 is 0 Å². The fraction of sp³-hybridized carbons (Fsp3) is 0.688. The van der Waals surface area contributed by atoms with Gasteiger partial charge in [0, 0.05) is 31.0 Å². The van der Waals surface area contributed by atoms with Crippen LogP contribution in [0.25, 0.3) is 0 Å². The molecule has 0 amide bonds. The van der Waals surface area contributed by atoms with Crippen LogP contribution in [0.4, 0.5) is 0 Å². The predicted molar refractivity (Wildman–Crippen MR) is 91.2 cm³/mol. The van der Waals surface area contributed by atoms with Crippen LogP contribution in [0.3, 0.4) is 0 Å². The van der Waals surface area contributed by atoms with Crippen molar-refractivity contribution in [1.82, 2.24) is 24.5 Å². The molecular formula is C16H23N5O3S. The average Bonchev–Trinajstić information content (AvgIpc) is 3.28. The smallest absolute Gasteiger partial charge is 0.154 e. The Morgan fingerprint density at radius 2 is 2.08 bits per heavy atom. The molecule has 2 fully saturated rings. The lowest BCUT2D eigenvalue weighted by molar-refractivity contribution is 0.0835. The summed E-state index contributed by atoms with van der Waals surface area (Å²) in [6, 6.07) is 1.82. The van der Waals surface area contributed by atoms with Crippen LogP contribution in [0.15, 0.2) is 12.3 Å². The van der Waals surface area contributed by atoms with Gasteiger partial charge in [0.15, 0.2) is 15.7 Å². The first-order valence-corrected chi connectivity index (χ1v) is 10.6. The van der Waals surface area contributed by atoms with E-state index in [0.717, 1.165) is 43.4 Å². The van der Waals surface area contributed by atoms with E-state index in [1.165, 1.54) is 0 Å². The van der Waals surface area contributed by atoms with E-state index in [0.29, 0.717) is 13.0 Å². The Balaban J connectivity index is 1.67. The molecule has 1 unspecified atom stereocenters. The van der Waals surface area contributed by atoms with Crippen LogP contribution in [0, 0.1) is 6.92 Å². The molecule has 9 heteroatoms. The van der Waals surface area contributed by atoms with E-state index in [4.69, 9.17) is 14.8 Å². The van der Waals surface area contributed by atoms with Crippen LogP contribution in [-0.2, 0) is 21.1 Å². The van der Waals surface area contributed by atoms with E-state index in [1.807, 2.05) is 22.4 Å². The summed E-state index contributed by atoms with van der Waals surface area (Å²) in [5.74, 6) is 2.26. The van der Waals surface area contributed by atoms with Crippen molar-refractivity contribution in [1.29, 1.82) is 0 Å². The highest BCUT2D eigenvalue weighted by molar-refractivity contribution is 7.91. The molecule has 2 aromatic heterocycles. The molecule has 0 spiro atoms. The van der Waals surface area contributed by atoms with Gasteiger partial charge in [-0.15, -0.1) is 0 Å². The number of sulfone groups is 1. The van der Waals surface area contributed by atoms with Gasteiger partial charge in [-0.1, -0.05) is 0 Å². The summed E-state index contributed by atoms with van der Waals surface area (Å²) in [6.07, 6.45) is 4.18. The molecule has 8 nitrogen and oxygen atoms in total. The Labute approximate surface area is 147 Å². The maximum atomic E-state index is 11.9. The third-order valence-electron chi connectivity index (χ3n) is 5.08. The van der Waals surface area contributed by atoms with Gasteiger partial charge in [-0.2, -0.15) is 10.2 Å². The first kappa shape index (κ1) is 16.7. The van der Waals surface area contributed by atoms with Gasteiger partial charge in [0.05, 0.1) is 17.5 Å². The molecule has 0 saturated carbocycles. The van der Waals surface area contributed by atoms with Gasteiger partial charge >= 0.3 is 0 Å². The molecule has 2 aliphatic heterocycles. The minimum Gasteiger partial charge on any atom is -0.381 e. The molecule has 0 bridgehead atoms. The predicted octanol–water partition coefficient (Wildman–Crippen LogP) is 1.08. The summed E-state index contributed by atoms with van der Waals surface area (Å²) in [6.45, 7) is 3.95. The molecule has 4 rings (SSSR count). The maximum Gasteiger partial charge on any atom is 0.154 e. The fourth-order valence-electron chi connectivity index (χ4n) is 3.57. The highest BCUT2D eigenvalue weighted by Gasteiger charge is 2.33. The number of aryl methyl sites for hydroxylation is 1. The number of aromatic nitrogens is 5. The van der Waals surface area contributed by atoms with Crippen molar-refractivity contribution in [3.8, 4) is 0 Å². The Kier molecular flexibility index (Phi) is 4.36. The van der Waals surface area contributed by atoms with Gasteiger partial charge in [-0.25, -0.2) is 18.1 Å². The quantitative estimate of drug-likeness (QED) is 0.805. The van der Waals surface area contributed by atoms with Gasteiger partial charge in [-0.3, -0.25) is 4.68 Å². The van der Waals surface area contributed by atoms with E-state index in [-0.39, 0.29) is 23.5 Å². The molecule has 0 aliphatic carbocycles. The number of hydrogen-bond acceptors (Lipinski definition) is 6. The Morgan fingerprint density at radius 3 is 2.72 bits per heavy atom. The van der Waals surface area contributed by atoms with Crippen LogP contribution in [0.5, 0.6) is 0 Å². The zero-order chi connectivity index (χ0) is 17.4. The molecule has 2 saturated heterocycles. The Bertz CT molecular complexity index is 851. The van der Waals surface area contributed by atoms with Crippen molar-refractivity contribution in [2.75, 3.05) is 24.7 Å². The summed E-state index contributed by atoms with van der Waals surface area (Å²) < 4.78 is 33.0. The van der Waals surface area contributed by atoms with Crippen molar-refractivity contribution in [2.45, 2.75) is 44.7 Å². The van der Waals surface area contributed by atoms with E-state index in [9.17, 15) is 8.42 Å². The first-order valence-electron chi connectivity index (χ1n) is 8.74. The van der Waals surface area contributed by atoms with Crippen molar-refractivity contribution in [3.05, 3.63) is 29.6 Å². The second kappa shape index (κ2) is 6.53. The normalized spacial score (nSPS) is 24.0. The van der Waals surface area contributed by atoms with Gasteiger partial charge in [0.2, 0.25) is 0 Å². The minimum absolute atomic E-state index is 0.128. The van der Waals surface area contributed by atoms with E-state index in [2.05, 4.69) is 5.10 Å². The number of hydrogen-bond donors (Lipinski definition) is 0. The molecule has 2 aliphatic rings. The molecule has 0 N–H and O–H groups in total. The molecule has 2 aromatic rings. The molecule has 136 valence electrons. The zero-order valence-electron chi connectivity index (χ0n) is 14.3. The summed E-state index contributed by atoms with van der Waals surface area (Å²) in [7, 11) is -2.98. The third kappa shape index (κ3) is 3.48. The highest BCUT2D eigenvalue weighted by Crippen LogP contribution is 2.28. The van der Waals surface area contributed by atoms with Gasteiger partial charge in [0.1, 0.15) is 12.4 Å². The monoisotopic (exact) mass is 365 g/mol. The molecule has 4 heterocycles. The molecule has 25 heavy (non-hydrogen) atoms. The SMILES string of the molecule is Cc1ccnn1Cc1nc(C2CCOCC2)nn1C1CCS(=O)(=O)C1. The van der Waals surface area contributed by atoms with Crippen LogP contribution in [-0.4, -0.2) is 57.7 Å². The summed E-state index contributed by atoms with van der Waals surface area (Å²) in [5.41, 5.74) is 1.04. The van der Waals surface area contributed by atoms with Crippen LogP contribution in [0.1, 0.15) is 48.6 Å². The largest absolute Gasteiger partial charge is 0.381 e. The second-order valence-electron chi connectivity index (χ2n) is 6.90. The lowest BCUT2D eigenvalue weighted by Crippen LogP contribution is -2.18. The average molecular weight is 365 g/mol. The lowest BCUT2D eigenvalue weighted by Gasteiger charge is -2.19. The van der Waals surface area contributed by atoms with E-state index < -0.39 is 9.84 Å². The van der Waals surface area contributed by atoms with Gasteiger partial charge in [0.25, 0.3) is 0 Å². The van der Waals surface area contributed by atoms with Crippen molar-refractivity contribution in [3.63, 3.8) is 0 Å². The van der Waals surface area contributed by atoms with Gasteiger partial charge < -0.3 is 4.74 Å². The van der Waals surface area contributed by atoms with Gasteiger partial charge in [-0.05, 0) is 32.3 Å². The molecule has 0 radical (unpaired) electrons. The maximum absolute atomic E-state index is 11.9. The molecule has 0 aromatic carbocycles. The van der Waals surface area contributed by atoms with Crippen molar-refractivity contribution >= 4 is 9.84 Å². The van der Waals surface area contributed by atoms with Crippen LogP contribution in [0.2, 0.25) is 0 Å². The minimum atomic E-state index is -2.98. The summed E-state index contributed by atoms with van der Waals surface area (Å²) in [4.78, 5) is 4.78. The summed E-state index contributed by atoms with van der Waals surface area (Å²) in [5, 5.41) is 9.06. The Morgan fingerprint density at radius 1 is 1.28 bits per heavy atom. The van der Waals surface area contributed by atoms with Crippen molar-refractivity contribution in [2.24, 2.45) is 0 Å². The number of ether oxygens (including phenoxy) is 1. The summed E-state index contributed by atoms with van der Waals surface area (Å²) >= 11 is 0. The lowest BCUT2D eigenvalue weighted by atomic mass is 10.00. The number of rotatable bonds is 4.